The van der Waals surface area contributed by atoms with Crippen molar-refractivity contribution >= 4 is 27.8 Å². The van der Waals surface area contributed by atoms with E-state index in [2.05, 4.69) is 15.9 Å². The number of aryl methyl sites for hydroxylation is 1. The third-order valence-electron chi connectivity index (χ3n) is 4.19. The summed E-state index contributed by atoms with van der Waals surface area (Å²) in [7, 11) is 0. The van der Waals surface area contributed by atoms with Gasteiger partial charge in [0.2, 0.25) is 0 Å². The highest BCUT2D eigenvalue weighted by Gasteiger charge is 2.44. The van der Waals surface area contributed by atoms with Gasteiger partial charge in [-0.2, -0.15) is 0 Å². The molecule has 1 amide bonds. The Hall–Kier alpha value is -1.36. The summed E-state index contributed by atoms with van der Waals surface area (Å²) < 4.78 is 0.738. The molecular weight excluding hydrogens is 334 g/mol. The van der Waals surface area contributed by atoms with E-state index in [4.69, 9.17) is 0 Å². The Labute approximate surface area is 133 Å². The first-order chi connectivity index (χ1) is 9.75. The number of rotatable bonds is 2. The number of piperidine rings is 1. The fourth-order valence-corrected chi connectivity index (χ4v) is 3.48. The molecule has 0 aromatic heterocycles. The molecule has 2 rings (SSSR count). The zero-order valence-electron chi connectivity index (χ0n) is 12.5. The third kappa shape index (κ3) is 2.98. The summed E-state index contributed by atoms with van der Waals surface area (Å²) in [5.74, 6) is -1.15. The van der Waals surface area contributed by atoms with Crippen LogP contribution in [0.5, 0.6) is 0 Å². The Bertz CT molecular complexity index is 583. The zero-order chi connectivity index (χ0) is 15.8. The molecule has 0 spiro atoms. The fraction of sp³-hybridized carbons (Fsp3) is 0.500. The second-order valence-electron chi connectivity index (χ2n) is 6.27. The van der Waals surface area contributed by atoms with E-state index in [1.807, 2.05) is 32.9 Å². The first-order valence-electron chi connectivity index (χ1n) is 7.04. The maximum atomic E-state index is 12.8. The number of carboxylic acids is 1. The number of benzene rings is 1. The number of nitrogens with zero attached hydrogens (tertiary/aromatic N) is 1. The molecule has 1 N–H and O–H groups in total. The lowest BCUT2D eigenvalue weighted by molar-refractivity contribution is -0.148. The van der Waals surface area contributed by atoms with E-state index in [0.29, 0.717) is 12.1 Å². The smallest absolute Gasteiger partial charge is 0.326 e. The summed E-state index contributed by atoms with van der Waals surface area (Å²) in [5, 5.41) is 9.56. The number of carbonyl (C=O) groups excluding carboxylic acids is 1. The minimum atomic E-state index is -0.933. The Morgan fingerprint density at radius 3 is 2.67 bits per heavy atom. The predicted octanol–water partition coefficient (Wildman–Crippen LogP) is 3.47. The highest BCUT2D eigenvalue weighted by atomic mass is 79.9. The van der Waals surface area contributed by atoms with E-state index < -0.39 is 17.4 Å². The molecule has 1 saturated heterocycles. The molecule has 0 saturated carbocycles. The summed E-state index contributed by atoms with van der Waals surface area (Å²) in [6, 6.07) is 4.68. The molecule has 1 fully saturated rings. The van der Waals surface area contributed by atoms with Crippen molar-refractivity contribution in [3.63, 3.8) is 0 Å². The van der Waals surface area contributed by atoms with Gasteiger partial charge in [-0.3, -0.25) is 4.79 Å². The van der Waals surface area contributed by atoms with Gasteiger partial charge in [0.25, 0.3) is 5.91 Å². The number of carboxylic acid groups (broad SMARTS) is 1. The van der Waals surface area contributed by atoms with E-state index in [1.54, 1.807) is 6.07 Å². The summed E-state index contributed by atoms with van der Waals surface area (Å²) in [4.78, 5) is 26.0. The number of likely N-dealkylation sites (tertiary alicyclic amines) is 1. The Balaban J connectivity index is 2.41. The lowest BCUT2D eigenvalue weighted by Gasteiger charge is -2.44. The quantitative estimate of drug-likeness (QED) is 0.885. The van der Waals surface area contributed by atoms with Gasteiger partial charge >= 0.3 is 5.97 Å². The monoisotopic (exact) mass is 353 g/mol. The Kier molecular flexibility index (Phi) is 4.42. The Morgan fingerprint density at radius 2 is 2.05 bits per heavy atom. The van der Waals surface area contributed by atoms with E-state index >= 15 is 0 Å². The highest BCUT2D eigenvalue weighted by Crippen LogP contribution is 2.36. The minimum Gasteiger partial charge on any atom is -0.480 e. The van der Waals surface area contributed by atoms with Gasteiger partial charge in [0.15, 0.2) is 0 Å². The summed E-state index contributed by atoms with van der Waals surface area (Å²) in [5.41, 5.74) is 1.07. The molecule has 5 heteroatoms. The van der Waals surface area contributed by atoms with Crippen LogP contribution in [0.3, 0.4) is 0 Å². The average molecular weight is 354 g/mol. The van der Waals surface area contributed by atoms with E-state index in [-0.39, 0.29) is 5.91 Å². The zero-order valence-corrected chi connectivity index (χ0v) is 14.1. The number of aliphatic carboxylic acids is 1. The lowest BCUT2D eigenvalue weighted by Crippen LogP contribution is -2.56. The fourth-order valence-electron chi connectivity index (χ4n) is 3.05. The number of halogens is 1. The van der Waals surface area contributed by atoms with E-state index in [0.717, 1.165) is 22.9 Å². The third-order valence-corrected chi connectivity index (χ3v) is 5.24. The van der Waals surface area contributed by atoms with Crippen LogP contribution in [0.4, 0.5) is 0 Å². The van der Waals surface area contributed by atoms with Gasteiger partial charge < -0.3 is 10.0 Å². The maximum Gasteiger partial charge on any atom is 0.326 e. The molecule has 21 heavy (non-hydrogen) atoms. The normalized spacial score (nSPS) is 21.1. The van der Waals surface area contributed by atoms with Crippen LogP contribution in [0, 0.1) is 12.3 Å². The standard InChI is InChI=1S/C16H20BrNO3/c1-10-6-4-7-11(12(10)17)14(19)18-9-5-8-16(2,3)13(18)15(20)21/h4,6-7,13H,5,8-9H2,1-3H3,(H,20,21). The molecule has 0 aliphatic carbocycles. The van der Waals surface area contributed by atoms with Crippen LogP contribution < -0.4 is 0 Å². The van der Waals surface area contributed by atoms with Crippen LogP contribution in [0.1, 0.15) is 42.6 Å². The van der Waals surface area contributed by atoms with Crippen molar-refractivity contribution in [3.05, 3.63) is 33.8 Å². The lowest BCUT2D eigenvalue weighted by atomic mass is 9.76. The van der Waals surface area contributed by atoms with Crippen molar-refractivity contribution in [2.45, 2.75) is 39.7 Å². The Morgan fingerprint density at radius 1 is 1.38 bits per heavy atom. The summed E-state index contributed by atoms with van der Waals surface area (Å²) in [6.45, 7) is 6.22. The molecule has 1 atom stereocenters. The van der Waals surface area contributed by atoms with Crippen molar-refractivity contribution in [1.82, 2.24) is 4.90 Å². The number of carbonyl (C=O) groups is 2. The molecule has 4 nitrogen and oxygen atoms in total. The SMILES string of the molecule is Cc1cccc(C(=O)N2CCCC(C)(C)C2C(=O)O)c1Br. The van der Waals surface area contributed by atoms with Gasteiger partial charge in [0.1, 0.15) is 6.04 Å². The van der Waals surface area contributed by atoms with Gasteiger partial charge in [-0.25, -0.2) is 4.79 Å². The number of hydrogen-bond acceptors (Lipinski definition) is 2. The van der Waals surface area contributed by atoms with Crippen molar-refractivity contribution < 1.29 is 14.7 Å². The average Bonchev–Trinajstić information content (AvgIpc) is 2.39. The molecule has 1 aliphatic heterocycles. The molecule has 1 aromatic carbocycles. The predicted molar refractivity (Wildman–Crippen MR) is 84.4 cm³/mol. The van der Waals surface area contributed by atoms with Crippen molar-refractivity contribution in [2.24, 2.45) is 5.41 Å². The van der Waals surface area contributed by atoms with Crippen LogP contribution in [0.25, 0.3) is 0 Å². The van der Waals surface area contributed by atoms with Crippen molar-refractivity contribution in [3.8, 4) is 0 Å². The molecule has 0 radical (unpaired) electrons. The summed E-state index contributed by atoms with van der Waals surface area (Å²) in [6.07, 6.45) is 1.63. The molecule has 0 bridgehead atoms. The van der Waals surface area contributed by atoms with Crippen molar-refractivity contribution in [1.29, 1.82) is 0 Å². The second kappa shape index (κ2) is 5.79. The largest absolute Gasteiger partial charge is 0.480 e. The van der Waals surface area contributed by atoms with Crippen LogP contribution in [0.2, 0.25) is 0 Å². The van der Waals surface area contributed by atoms with E-state index in [9.17, 15) is 14.7 Å². The molecule has 1 aliphatic rings. The van der Waals surface area contributed by atoms with Gasteiger partial charge in [0.05, 0.1) is 5.56 Å². The van der Waals surface area contributed by atoms with Gasteiger partial charge in [-0.15, -0.1) is 0 Å². The number of amides is 1. The molecular formula is C16H20BrNO3. The van der Waals surface area contributed by atoms with Crippen LogP contribution >= 0.6 is 15.9 Å². The maximum absolute atomic E-state index is 12.8. The molecule has 1 aromatic rings. The second-order valence-corrected chi connectivity index (χ2v) is 7.06. The highest BCUT2D eigenvalue weighted by molar-refractivity contribution is 9.10. The van der Waals surface area contributed by atoms with Crippen molar-refractivity contribution in [2.75, 3.05) is 6.54 Å². The topological polar surface area (TPSA) is 57.6 Å². The molecule has 1 unspecified atom stereocenters. The van der Waals surface area contributed by atoms with Gasteiger partial charge in [-0.1, -0.05) is 26.0 Å². The first kappa shape index (κ1) is 16.0. The molecule has 114 valence electrons. The first-order valence-corrected chi connectivity index (χ1v) is 7.84. The van der Waals surface area contributed by atoms with Crippen LogP contribution in [0.15, 0.2) is 22.7 Å². The van der Waals surface area contributed by atoms with Crippen LogP contribution in [-0.2, 0) is 4.79 Å². The van der Waals surface area contributed by atoms with E-state index in [1.165, 1.54) is 4.90 Å². The van der Waals surface area contributed by atoms with Gasteiger partial charge in [-0.05, 0) is 52.7 Å². The van der Waals surface area contributed by atoms with Gasteiger partial charge in [0, 0.05) is 11.0 Å². The summed E-state index contributed by atoms with van der Waals surface area (Å²) >= 11 is 3.44. The minimum absolute atomic E-state index is 0.217. The molecule has 1 heterocycles. The van der Waals surface area contributed by atoms with Crippen LogP contribution in [-0.4, -0.2) is 34.5 Å². The number of hydrogen-bond donors (Lipinski definition) is 1.